The van der Waals surface area contributed by atoms with Crippen molar-refractivity contribution >= 4 is 21.6 Å². The van der Waals surface area contributed by atoms with E-state index in [0.717, 1.165) is 33.9 Å². The fourth-order valence-electron chi connectivity index (χ4n) is 2.05. The summed E-state index contributed by atoms with van der Waals surface area (Å²) in [5.41, 5.74) is 2.26. The maximum Gasteiger partial charge on any atom is 0.140 e. The number of hydrogen-bond acceptors (Lipinski definition) is 1. The maximum absolute atomic E-state index is 13.7. The number of imidazole rings is 1. The molecule has 3 aromatic rings. The van der Waals surface area contributed by atoms with Crippen molar-refractivity contribution < 1.29 is 8.78 Å². The topological polar surface area (TPSA) is 17.3 Å². The van der Waals surface area contributed by atoms with E-state index in [1.54, 1.807) is 10.6 Å². The lowest BCUT2D eigenvalue weighted by Crippen LogP contribution is -1.86. The first kappa shape index (κ1) is 12.3. The van der Waals surface area contributed by atoms with E-state index in [-0.39, 0.29) is 5.56 Å². The highest BCUT2D eigenvalue weighted by Gasteiger charge is 2.12. The quantitative estimate of drug-likeness (QED) is 0.651. The number of hydrogen-bond donors (Lipinski definition) is 0. The van der Waals surface area contributed by atoms with Gasteiger partial charge >= 0.3 is 0 Å². The highest BCUT2D eigenvalue weighted by Crippen LogP contribution is 2.25. The first-order valence-corrected chi connectivity index (χ1v) is 6.44. The molecule has 0 aliphatic heterocycles. The molecule has 2 heterocycles. The Balaban J connectivity index is 2.26. The van der Waals surface area contributed by atoms with E-state index in [1.165, 1.54) is 0 Å². The van der Waals surface area contributed by atoms with Gasteiger partial charge in [-0.3, -0.25) is 0 Å². The highest BCUT2D eigenvalue weighted by atomic mass is 79.9. The largest absolute Gasteiger partial charge is 0.305 e. The summed E-state index contributed by atoms with van der Waals surface area (Å²) in [5, 5.41) is 0. The van der Waals surface area contributed by atoms with Gasteiger partial charge in [-0.25, -0.2) is 13.8 Å². The summed E-state index contributed by atoms with van der Waals surface area (Å²) in [5.74, 6) is -0.965. The fourth-order valence-corrected chi connectivity index (χ4v) is 2.61. The molecule has 0 radical (unpaired) electrons. The van der Waals surface area contributed by atoms with E-state index in [4.69, 9.17) is 0 Å². The van der Waals surface area contributed by atoms with Crippen molar-refractivity contribution in [3.05, 3.63) is 58.3 Å². The molecule has 0 bridgehead atoms. The van der Waals surface area contributed by atoms with Crippen LogP contribution in [0.15, 0.2) is 41.1 Å². The first-order chi connectivity index (χ1) is 9.04. The van der Waals surface area contributed by atoms with Gasteiger partial charge < -0.3 is 4.40 Å². The molecular weight excluding hydrogens is 314 g/mol. The third kappa shape index (κ3) is 2.14. The summed E-state index contributed by atoms with van der Waals surface area (Å²) in [6, 6.07) is 5.28. The van der Waals surface area contributed by atoms with Crippen LogP contribution in [0.5, 0.6) is 0 Å². The zero-order valence-electron chi connectivity index (χ0n) is 9.99. The monoisotopic (exact) mass is 322 g/mol. The molecular formula is C14H9BrF2N2. The molecule has 0 spiro atoms. The number of nitrogens with zero attached hydrogens (tertiary/aromatic N) is 2. The van der Waals surface area contributed by atoms with Crippen molar-refractivity contribution in [2.75, 3.05) is 0 Å². The third-order valence-electron chi connectivity index (χ3n) is 2.91. The number of halogens is 3. The number of aryl methyl sites for hydroxylation is 1. The lowest BCUT2D eigenvalue weighted by molar-refractivity contribution is 0.603. The molecule has 5 heteroatoms. The van der Waals surface area contributed by atoms with Crippen LogP contribution in [0, 0.1) is 18.6 Å². The first-order valence-electron chi connectivity index (χ1n) is 5.65. The van der Waals surface area contributed by atoms with Gasteiger partial charge in [0.25, 0.3) is 0 Å². The van der Waals surface area contributed by atoms with Crippen LogP contribution in [-0.2, 0) is 0 Å². The Kier molecular flexibility index (Phi) is 2.86. The van der Waals surface area contributed by atoms with Gasteiger partial charge in [0.15, 0.2) is 0 Å². The molecule has 0 amide bonds. The van der Waals surface area contributed by atoms with Crippen LogP contribution in [-0.4, -0.2) is 9.38 Å². The van der Waals surface area contributed by atoms with E-state index in [9.17, 15) is 8.78 Å². The second-order valence-corrected chi connectivity index (χ2v) is 5.24. The van der Waals surface area contributed by atoms with Crippen LogP contribution in [0.1, 0.15) is 5.56 Å². The number of rotatable bonds is 1. The fraction of sp³-hybridized carbons (Fsp3) is 0.0714. The summed E-state index contributed by atoms with van der Waals surface area (Å²) < 4.78 is 29.7. The Morgan fingerprint density at radius 1 is 1.16 bits per heavy atom. The van der Waals surface area contributed by atoms with Crippen molar-refractivity contribution in [3.8, 4) is 11.3 Å². The SMILES string of the molecule is Cc1cc(Br)cn2cc(-c3cc(F)ccc3F)nc12. The third-order valence-corrected chi connectivity index (χ3v) is 3.34. The molecule has 2 aromatic heterocycles. The molecule has 0 saturated carbocycles. The van der Waals surface area contributed by atoms with Gasteiger partial charge in [-0.2, -0.15) is 0 Å². The Labute approximate surface area is 116 Å². The molecule has 0 aliphatic rings. The molecule has 96 valence electrons. The smallest absolute Gasteiger partial charge is 0.140 e. The molecule has 2 nitrogen and oxygen atoms in total. The maximum atomic E-state index is 13.7. The molecule has 1 aromatic carbocycles. The summed E-state index contributed by atoms with van der Waals surface area (Å²) in [6.45, 7) is 1.92. The molecule has 0 N–H and O–H groups in total. The van der Waals surface area contributed by atoms with Crippen LogP contribution in [0.3, 0.4) is 0 Å². The minimum atomic E-state index is -0.485. The summed E-state index contributed by atoms with van der Waals surface area (Å²) in [7, 11) is 0. The predicted molar refractivity (Wildman–Crippen MR) is 73.0 cm³/mol. The zero-order chi connectivity index (χ0) is 13.6. The van der Waals surface area contributed by atoms with Crippen molar-refractivity contribution in [2.45, 2.75) is 6.92 Å². The second kappa shape index (κ2) is 4.42. The lowest BCUT2D eigenvalue weighted by atomic mass is 10.1. The Morgan fingerprint density at radius 3 is 2.74 bits per heavy atom. The van der Waals surface area contributed by atoms with Gasteiger partial charge in [-0.1, -0.05) is 0 Å². The van der Waals surface area contributed by atoms with Gasteiger partial charge in [0.05, 0.1) is 5.69 Å². The molecule has 0 aliphatic carbocycles. The van der Waals surface area contributed by atoms with Crippen molar-refractivity contribution in [1.82, 2.24) is 9.38 Å². The molecule has 0 fully saturated rings. The minimum Gasteiger partial charge on any atom is -0.305 e. The average Bonchev–Trinajstić information content (AvgIpc) is 2.76. The molecule has 0 saturated heterocycles. The molecule has 3 rings (SSSR count). The van der Waals surface area contributed by atoms with Gasteiger partial charge in [0.2, 0.25) is 0 Å². The van der Waals surface area contributed by atoms with Crippen LogP contribution in [0.2, 0.25) is 0 Å². The molecule has 0 unspecified atom stereocenters. The van der Waals surface area contributed by atoms with Crippen molar-refractivity contribution in [3.63, 3.8) is 0 Å². The average molecular weight is 323 g/mol. The van der Waals surface area contributed by atoms with E-state index in [1.807, 2.05) is 19.2 Å². The van der Waals surface area contributed by atoms with Gasteiger partial charge in [-0.05, 0) is 52.7 Å². The molecule has 0 atom stereocenters. The molecule has 19 heavy (non-hydrogen) atoms. The summed E-state index contributed by atoms with van der Waals surface area (Å²) in [6.07, 6.45) is 3.51. The van der Waals surface area contributed by atoms with Gasteiger partial charge in [0, 0.05) is 22.4 Å². The summed E-state index contributed by atoms with van der Waals surface area (Å²) in [4.78, 5) is 4.36. The van der Waals surface area contributed by atoms with Crippen LogP contribution >= 0.6 is 15.9 Å². The van der Waals surface area contributed by atoms with E-state index in [0.29, 0.717) is 5.69 Å². The Bertz CT molecular complexity index is 780. The normalized spacial score (nSPS) is 11.2. The standard InChI is InChI=1S/C14H9BrF2N2/c1-8-4-9(15)6-19-7-13(18-14(8)19)11-5-10(16)2-3-12(11)17/h2-7H,1H3. The lowest BCUT2D eigenvalue weighted by Gasteiger charge is -1.98. The predicted octanol–water partition coefficient (Wildman–Crippen LogP) is 4.35. The number of benzene rings is 1. The van der Waals surface area contributed by atoms with Crippen LogP contribution in [0.25, 0.3) is 16.9 Å². The Hall–Kier alpha value is -1.75. The number of aromatic nitrogens is 2. The second-order valence-electron chi connectivity index (χ2n) is 4.32. The zero-order valence-corrected chi connectivity index (χ0v) is 11.6. The summed E-state index contributed by atoms with van der Waals surface area (Å²) >= 11 is 3.39. The van der Waals surface area contributed by atoms with Crippen LogP contribution < -0.4 is 0 Å². The van der Waals surface area contributed by atoms with Gasteiger partial charge in [0.1, 0.15) is 17.3 Å². The van der Waals surface area contributed by atoms with Crippen molar-refractivity contribution in [1.29, 1.82) is 0 Å². The Morgan fingerprint density at radius 2 is 1.95 bits per heavy atom. The minimum absolute atomic E-state index is 0.166. The van der Waals surface area contributed by atoms with E-state index < -0.39 is 11.6 Å². The number of pyridine rings is 1. The van der Waals surface area contributed by atoms with Crippen LogP contribution in [0.4, 0.5) is 8.78 Å². The van der Waals surface area contributed by atoms with E-state index >= 15 is 0 Å². The highest BCUT2D eigenvalue weighted by molar-refractivity contribution is 9.10. The van der Waals surface area contributed by atoms with Gasteiger partial charge in [-0.15, -0.1) is 0 Å². The van der Waals surface area contributed by atoms with E-state index in [2.05, 4.69) is 20.9 Å². The van der Waals surface area contributed by atoms with Crippen molar-refractivity contribution in [2.24, 2.45) is 0 Å². The number of fused-ring (bicyclic) bond motifs is 1.